The third-order valence-corrected chi connectivity index (χ3v) is 6.95. The zero-order valence-corrected chi connectivity index (χ0v) is 21.8. The Morgan fingerprint density at radius 3 is 2.16 bits per heavy atom. The molecule has 0 saturated carbocycles. The Morgan fingerprint density at radius 1 is 0.842 bits per heavy atom. The highest BCUT2D eigenvalue weighted by atomic mass is 32.2. The Labute approximate surface area is 224 Å². The Bertz CT molecular complexity index is 1500. The fourth-order valence-corrected chi connectivity index (χ4v) is 4.78. The maximum atomic E-state index is 13.0. The van der Waals surface area contributed by atoms with Gasteiger partial charge in [-0.2, -0.15) is 0 Å². The molecule has 9 heteroatoms. The van der Waals surface area contributed by atoms with Crippen LogP contribution in [0, 0.1) is 0 Å². The van der Waals surface area contributed by atoms with Crippen molar-refractivity contribution in [2.24, 2.45) is 0 Å². The molecule has 0 radical (unpaired) electrons. The first-order chi connectivity index (χ1) is 18.3. The van der Waals surface area contributed by atoms with Gasteiger partial charge in [0.25, 0.3) is 5.91 Å². The number of ether oxygens (including phenoxy) is 2. The topological polar surface area (TPSA) is 114 Å². The smallest absolute Gasteiger partial charge is 0.336 e. The molecule has 1 atom stereocenters. The van der Waals surface area contributed by atoms with Gasteiger partial charge >= 0.3 is 5.97 Å². The second-order valence-corrected chi connectivity index (χ2v) is 9.72. The second kappa shape index (κ2) is 11.7. The number of carbonyl (C=O) groups is 3. The van der Waals surface area contributed by atoms with Gasteiger partial charge in [-0.05, 0) is 60.8 Å². The van der Waals surface area contributed by atoms with Gasteiger partial charge in [0.15, 0.2) is 0 Å². The minimum Gasteiger partial charge on any atom is -0.497 e. The molecule has 0 aliphatic rings. The fraction of sp³-hybridized carbons (Fsp3) is 0.138. The van der Waals surface area contributed by atoms with Crippen LogP contribution in [-0.2, 0) is 4.79 Å². The highest BCUT2D eigenvalue weighted by Crippen LogP contribution is 2.31. The molecule has 0 bridgehead atoms. The highest BCUT2D eigenvalue weighted by Gasteiger charge is 2.18. The molecule has 38 heavy (non-hydrogen) atoms. The average molecular weight is 531 g/mol. The van der Waals surface area contributed by atoms with Crippen LogP contribution in [0.2, 0.25) is 0 Å². The molecule has 8 nitrogen and oxygen atoms in total. The SMILES string of the molecule is COc1ccc(NC(=O)C(C)Sc2ccc(NC(=O)c3cccc4cccc(C(=O)O)c34)cc2)c(OC)c1. The Morgan fingerprint density at radius 2 is 1.53 bits per heavy atom. The number of hydrogen-bond donors (Lipinski definition) is 3. The molecule has 194 valence electrons. The summed E-state index contributed by atoms with van der Waals surface area (Å²) in [4.78, 5) is 38.4. The van der Waals surface area contributed by atoms with Crippen molar-refractivity contribution in [2.75, 3.05) is 24.9 Å². The monoisotopic (exact) mass is 530 g/mol. The van der Waals surface area contributed by atoms with Gasteiger partial charge in [-0.3, -0.25) is 9.59 Å². The van der Waals surface area contributed by atoms with E-state index >= 15 is 0 Å². The number of nitrogens with one attached hydrogen (secondary N) is 2. The molecule has 0 fully saturated rings. The van der Waals surface area contributed by atoms with Gasteiger partial charge in [-0.15, -0.1) is 11.8 Å². The van der Waals surface area contributed by atoms with E-state index < -0.39 is 17.1 Å². The van der Waals surface area contributed by atoms with Gasteiger partial charge in [0.05, 0.1) is 30.7 Å². The van der Waals surface area contributed by atoms with Crippen LogP contribution in [0.3, 0.4) is 0 Å². The van der Waals surface area contributed by atoms with E-state index in [0.29, 0.717) is 33.6 Å². The summed E-state index contributed by atoms with van der Waals surface area (Å²) in [7, 11) is 3.08. The number of carbonyl (C=O) groups excluding carboxylic acids is 2. The number of carboxylic acid groups (broad SMARTS) is 1. The van der Waals surface area contributed by atoms with Crippen LogP contribution < -0.4 is 20.1 Å². The van der Waals surface area contributed by atoms with Crippen LogP contribution in [0.4, 0.5) is 11.4 Å². The van der Waals surface area contributed by atoms with E-state index in [4.69, 9.17) is 9.47 Å². The van der Waals surface area contributed by atoms with Crippen molar-refractivity contribution in [1.29, 1.82) is 0 Å². The first kappa shape index (κ1) is 26.6. The molecule has 0 saturated heterocycles. The number of methoxy groups -OCH3 is 2. The van der Waals surface area contributed by atoms with Gasteiger partial charge in [-0.25, -0.2) is 4.79 Å². The summed E-state index contributed by atoms with van der Waals surface area (Å²) in [6, 6.07) is 22.2. The number of benzene rings is 4. The van der Waals surface area contributed by atoms with Crippen LogP contribution in [0.1, 0.15) is 27.6 Å². The van der Waals surface area contributed by atoms with E-state index in [1.165, 1.54) is 24.9 Å². The summed E-state index contributed by atoms with van der Waals surface area (Å²) in [5, 5.41) is 15.9. The summed E-state index contributed by atoms with van der Waals surface area (Å²) in [5.74, 6) is -0.582. The third kappa shape index (κ3) is 5.90. The van der Waals surface area contributed by atoms with Crippen LogP contribution >= 0.6 is 11.8 Å². The quantitative estimate of drug-likeness (QED) is 0.230. The molecule has 3 N–H and O–H groups in total. The number of amides is 2. The zero-order valence-electron chi connectivity index (χ0n) is 21.0. The summed E-state index contributed by atoms with van der Waals surface area (Å²) >= 11 is 1.37. The molecule has 4 aromatic rings. The van der Waals surface area contributed by atoms with Crippen molar-refractivity contribution in [1.82, 2.24) is 0 Å². The molecule has 4 rings (SSSR count). The highest BCUT2D eigenvalue weighted by molar-refractivity contribution is 8.00. The number of hydrogen-bond acceptors (Lipinski definition) is 6. The molecule has 2 amide bonds. The molecule has 0 spiro atoms. The van der Waals surface area contributed by atoms with E-state index in [-0.39, 0.29) is 17.0 Å². The van der Waals surface area contributed by atoms with Crippen LogP contribution in [-0.4, -0.2) is 42.4 Å². The van der Waals surface area contributed by atoms with Crippen molar-refractivity contribution in [3.05, 3.63) is 90.0 Å². The fourth-order valence-electron chi connectivity index (χ4n) is 3.92. The van der Waals surface area contributed by atoms with Gasteiger partial charge < -0.3 is 25.2 Å². The lowest BCUT2D eigenvalue weighted by atomic mass is 9.98. The number of fused-ring (bicyclic) bond motifs is 1. The van der Waals surface area contributed by atoms with Gasteiger partial charge in [0.1, 0.15) is 11.5 Å². The molecule has 0 aliphatic carbocycles. The average Bonchev–Trinajstić information content (AvgIpc) is 2.93. The van der Waals surface area contributed by atoms with Crippen LogP contribution in [0.5, 0.6) is 11.5 Å². The van der Waals surface area contributed by atoms with Crippen molar-refractivity contribution < 1.29 is 29.0 Å². The molecular weight excluding hydrogens is 504 g/mol. The molecule has 0 aliphatic heterocycles. The predicted molar refractivity (Wildman–Crippen MR) is 149 cm³/mol. The minimum absolute atomic E-state index is 0.0690. The minimum atomic E-state index is -1.10. The third-order valence-electron chi connectivity index (χ3n) is 5.84. The summed E-state index contributed by atoms with van der Waals surface area (Å²) in [6.45, 7) is 1.80. The number of anilines is 2. The van der Waals surface area contributed by atoms with Crippen molar-refractivity contribution in [2.45, 2.75) is 17.1 Å². The van der Waals surface area contributed by atoms with Gasteiger partial charge in [-0.1, -0.05) is 24.3 Å². The van der Waals surface area contributed by atoms with Crippen molar-refractivity contribution in [3.8, 4) is 11.5 Å². The van der Waals surface area contributed by atoms with Crippen molar-refractivity contribution in [3.63, 3.8) is 0 Å². The summed E-state index contributed by atoms with van der Waals surface area (Å²) in [6.07, 6.45) is 0. The maximum Gasteiger partial charge on any atom is 0.336 e. The number of thioether (sulfide) groups is 1. The lowest BCUT2D eigenvalue weighted by Gasteiger charge is -2.15. The summed E-state index contributed by atoms with van der Waals surface area (Å²) < 4.78 is 10.5. The van der Waals surface area contributed by atoms with E-state index in [2.05, 4.69) is 10.6 Å². The van der Waals surface area contributed by atoms with Crippen molar-refractivity contribution >= 4 is 51.7 Å². The molecule has 0 aromatic heterocycles. The van der Waals surface area contributed by atoms with E-state index in [1.807, 2.05) is 12.1 Å². The molecular formula is C29H26N2O6S. The second-order valence-electron chi connectivity index (χ2n) is 8.31. The Balaban J connectivity index is 1.43. The maximum absolute atomic E-state index is 13.0. The lowest BCUT2D eigenvalue weighted by molar-refractivity contribution is -0.115. The largest absolute Gasteiger partial charge is 0.497 e. The van der Waals surface area contributed by atoms with E-state index in [1.54, 1.807) is 74.7 Å². The molecule has 4 aromatic carbocycles. The lowest BCUT2D eigenvalue weighted by Crippen LogP contribution is -2.22. The Kier molecular flexibility index (Phi) is 8.18. The first-order valence-electron chi connectivity index (χ1n) is 11.7. The molecule has 0 heterocycles. The van der Waals surface area contributed by atoms with Gasteiger partial charge in [0.2, 0.25) is 5.91 Å². The van der Waals surface area contributed by atoms with Gasteiger partial charge in [0, 0.05) is 27.6 Å². The summed E-state index contributed by atoms with van der Waals surface area (Å²) in [5.41, 5.74) is 1.44. The van der Waals surface area contributed by atoms with E-state index in [0.717, 1.165) is 4.90 Å². The Hall–Kier alpha value is -4.50. The van der Waals surface area contributed by atoms with E-state index in [9.17, 15) is 19.5 Å². The number of aromatic carboxylic acids is 1. The van der Waals surface area contributed by atoms with Crippen LogP contribution in [0.25, 0.3) is 10.8 Å². The standard InChI is InChI=1S/C29H26N2O6S/c1-17(27(32)31-24-15-12-20(36-2)16-25(24)37-3)38-21-13-10-19(11-14-21)30-28(33)22-8-4-6-18-7-5-9-23(26(18)22)29(34)35/h4-17H,1-3H3,(H,30,33)(H,31,32)(H,34,35). The first-order valence-corrected chi connectivity index (χ1v) is 12.5. The zero-order chi connectivity index (χ0) is 27.2. The number of rotatable bonds is 9. The predicted octanol–water partition coefficient (Wildman–Crippen LogP) is 5.93. The normalized spacial score (nSPS) is 11.4. The number of carboxylic acids is 1. The van der Waals surface area contributed by atoms with Crippen LogP contribution in [0.15, 0.2) is 83.8 Å². The molecule has 1 unspecified atom stereocenters.